The molecule has 1 aliphatic heterocycles. The van der Waals surface area contributed by atoms with E-state index in [1.54, 1.807) is 4.90 Å². The molecule has 0 bridgehead atoms. The van der Waals surface area contributed by atoms with Crippen LogP contribution in [0.2, 0.25) is 0 Å². The summed E-state index contributed by atoms with van der Waals surface area (Å²) in [6, 6.07) is 10.6. The summed E-state index contributed by atoms with van der Waals surface area (Å²) >= 11 is 0. The lowest BCUT2D eigenvalue weighted by molar-refractivity contribution is 0.0497. The number of nitrogens with zero attached hydrogens (tertiary/aromatic N) is 1. The lowest BCUT2D eigenvalue weighted by Gasteiger charge is -2.38. The van der Waals surface area contributed by atoms with Gasteiger partial charge in [-0.3, -0.25) is 9.59 Å². The van der Waals surface area contributed by atoms with Crippen molar-refractivity contribution in [2.45, 2.75) is 25.8 Å². The second kappa shape index (κ2) is 7.13. The van der Waals surface area contributed by atoms with Crippen molar-refractivity contribution in [3.05, 3.63) is 71.3 Å². The van der Waals surface area contributed by atoms with Crippen LogP contribution in [0.1, 0.15) is 40.5 Å². The molecule has 0 aliphatic carbocycles. The Bertz CT molecular complexity index is 706. The van der Waals surface area contributed by atoms with Crippen molar-refractivity contribution >= 4 is 11.7 Å². The maximum atomic E-state index is 13.1. The van der Waals surface area contributed by atoms with Gasteiger partial charge in [-0.1, -0.05) is 0 Å². The molecular weight excluding hydrogens is 324 g/mol. The number of hydrogen-bond acceptors (Lipinski definition) is 2. The Hall–Kier alpha value is -2.56. The van der Waals surface area contributed by atoms with E-state index in [0.29, 0.717) is 24.1 Å². The first kappa shape index (κ1) is 17.3. The Morgan fingerprint density at radius 3 is 2.00 bits per heavy atom. The molecule has 0 radical (unpaired) electrons. The number of Topliss-reactive ketones (excluding diaryl/α,β-unsaturated/α-hetero) is 1. The monoisotopic (exact) mass is 343 g/mol. The minimum Gasteiger partial charge on any atom is -0.335 e. The fraction of sp³-hybridized carbons (Fsp3) is 0.300. The molecule has 1 saturated heterocycles. The van der Waals surface area contributed by atoms with E-state index < -0.39 is 5.82 Å². The predicted molar refractivity (Wildman–Crippen MR) is 90.4 cm³/mol. The van der Waals surface area contributed by atoms with E-state index in [0.717, 1.165) is 6.42 Å². The van der Waals surface area contributed by atoms with Crippen molar-refractivity contribution in [3.8, 4) is 0 Å². The van der Waals surface area contributed by atoms with Crippen LogP contribution in [0.15, 0.2) is 48.5 Å². The molecular formula is C20H19F2NO2. The molecule has 2 atom stereocenters. The third-order valence-electron chi connectivity index (χ3n) is 4.81. The summed E-state index contributed by atoms with van der Waals surface area (Å²) in [4.78, 5) is 27.1. The summed E-state index contributed by atoms with van der Waals surface area (Å²) in [7, 11) is 0. The first-order valence-electron chi connectivity index (χ1n) is 8.33. The second-order valence-electron chi connectivity index (χ2n) is 6.37. The number of hydrogen-bond donors (Lipinski definition) is 0. The lowest BCUT2D eigenvalue weighted by Crippen LogP contribution is -2.49. The van der Waals surface area contributed by atoms with Crippen LogP contribution in [0.25, 0.3) is 0 Å². The van der Waals surface area contributed by atoms with Crippen molar-refractivity contribution < 1.29 is 18.4 Å². The largest absolute Gasteiger partial charge is 0.335 e. The highest BCUT2D eigenvalue weighted by Crippen LogP contribution is 2.28. The molecule has 1 unspecified atom stereocenters. The number of carbonyl (C=O) groups excluding carboxylic acids is 2. The maximum Gasteiger partial charge on any atom is 0.254 e. The fourth-order valence-electron chi connectivity index (χ4n) is 3.37. The Labute approximate surface area is 145 Å². The van der Waals surface area contributed by atoms with Gasteiger partial charge in [0.05, 0.1) is 0 Å². The first-order chi connectivity index (χ1) is 12.0. The molecule has 0 saturated carbocycles. The number of benzene rings is 2. The van der Waals surface area contributed by atoms with Gasteiger partial charge in [-0.05, 0) is 68.3 Å². The van der Waals surface area contributed by atoms with Gasteiger partial charge in [0.15, 0.2) is 5.78 Å². The summed E-state index contributed by atoms with van der Waals surface area (Å²) < 4.78 is 26.1. The molecule has 1 fully saturated rings. The zero-order valence-electron chi connectivity index (χ0n) is 13.9. The number of ketones is 1. The summed E-state index contributed by atoms with van der Waals surface area (Å²) in [5.74, 6) is -1.40. The summed E-state index contributed by atoms with van der Waals surface area (Å²) in [6.07, 6.45) is 1.40. The number of piperidine rings is 1. The average molecular weight is 343 g/mol. The molecule has 3 rings (SSSR count). The van der Waals surface area contributed by atoms with Gasteiger partial charge >= 0.3 is 0 Å². The van der Waals surface area contributed by atoms with Crippen LogP contribution in [0.3, 0.4) is 0 Å². The highest BCUT2D eigenvalue weighted by atomic mass is 19.1. The smallest absolute Gasteiger partial charge is 0.254 e. The van der Waals surface area contributed by atoms with Crippen LogP contribution >= 0.6 is 0 Å². The minimum absolute atomic E-state index is 0.0795. The Kier molecular flexibility index (Phi) is 4.93. The summed E-state index contributed by atoms with van der Waals surface area (Å²) in [5.41, 5.74) is 0.859. The Morgan fingerprint density at radius 1 is 0.920 bits per heavy atom. The van der Waals surface area contributed by atoms with Crippen molar-refractivity contribution in [1.29, 1.82) is 0 Å². The SMILES string of the molecule is C[C@@H]1C(C(=O)c2ccc(F)cc2)CCCN1C(=O)c1ccc(F)cc1. The lowest BCUT2D eigenvalue weighted by atomic mass is 9.83. The molecule has 1 amide bonds. The van der Waals surface area contributed by atoms with Crippen LogP contribution in [0.4, 0.5) is 8.78 Å². The highest BCUT2D eigenvalue weighted by Gasteiger charge is 2.36. The van der Waals surface area contributed by atoms with Gasteiger partial charge in [-0.2, -0.15) is 0 Å². The number of halogens is 2. The zero-order valence-corrected chi connectivity index (χ0v) is 13.9. The third-order valence-corrected chi connectivity index (χ3v) is 4.81. The van der Waals surface area contributed by atoms with Crippen LogP contribution in [0.5, 0.6) is 0 Å². The van der Waals surface area contributed by atoms with Crippen molar-refractivity contribution in [3.63, 3.8) is 0 Å². The molecule has 1 heterocycles. The summed E-state index contributed by atoms with van der Waals surface area (Å²) in [5, 5.41) is 0. The molecule has 0 N–H and O–H groups in total. The fourth-order valence-corrected chi connectivity index (χ4v) is 3.37. The number of amides is 1. The third kappa shape index (κ3) is 3.60. The van der Waals surface area contributed by atoms with Gasteiger partial charge in [0.1, 0.15) is 11.6 Å². The average Bonchev–Trinajstić information content (AvgIpc) is 2.62. The standard InChI is InChI=1S/C20H19F2NO2/c1-13-18(19(24)14-4-8-16(21)9-5-14)3-2-12-23(13)20(25)15-6-10-17(22)11-7-15/h4-11,13,18H,2-3,12H2,1H3/t13-,18?/m1/s1. The van der Waals surface area contributed by atoms with E-state index in [1.165, 1.54) is 48.5 Å². The van der Waals surface area contributed by atoms with Gasteiger partial charge in [-0.15, -0.1) is 0 Å². The Morgan fingerprint density at radius 2 is 1.44 bits per heavy atom. The molecule has 25 heavy (non-hydrogen) atoms. The zero-order chi connectivity index (χ0) is 18.0. The van der Waals surface area contributed by atoms with Crippen LogP contribution in [0, 0.1) is 17.6 Å². The van der Waals surface area contributed by atoms with Crippen LogP contribution in [-0.4, -0.2) is 29.2 Å². The van der Waals surface area contributed by atoms with E-state index in [1.807, 2.05) is 6.92 Å². The van der Waals surface area contributed by atoms with Gasteiger partial charge in [0, 0.05) is 29.6 Å². The molecule has 2 aromatic rings. The molecule has 5 heteroatoms. The molecule has 130 valence electrons. The van der Waals surface area contributed by atoms with Crippen LogP contribution < -0.4 is 0 Å². The number of rotatable bonds is 3. The quantitative estimate of drug-likeness (QED) is 0.787. The molecule has 0 aromatic heterocycles. The highest BCUT2D eigenvalue weighted by molar-refractivity contribution is 5.99. The van der Waals surface area contributed by atoms with Crippen LogP contribution in [-0.2, 0) is 0 Å². The normalized spacial score (nSPS) is 20.4. The summed E-state index contributed by atoms with van der Waals surface area (Å²) in [6.45, 7) is 2.41. The molecule has 1 aliphatic rings. The van der Waals surface area contributed by atoms with Crippen molar-refractivity contribution in [2.24, 2.45) is 5.92 Å². The molecule has 3 nitrogen and oxygen atoms in total. The van der Waals surface area contributed by atoms with Gasteiger partial charge in [0.25, 0.3) is 5.91 Å². The van der Waals surface area contributed by atoms with E-state index in [9.17, 15) is 18.4 Å². The predicted octanol–water partition coefficient (Wildman–Crippen LogP) is 4.09. The Balaban J connectivity index is 1.79. The van der Waals surface area contributed by atoms with Gasteiger partial charge in [-0.25, -0.2) is 8.78 Å². The minimum atomic E-state index is -0.396. The van der Waals surface area contributed by atoms with E-state index in [2.05, 4.69) is 0 Å². The number of likely N-dealkylation sites (tertiary alicyclic amines) is 1. The first-order valence-corrected chi connectivity index (χ1v) is 8.33. The molecule has 2 aromatic carbocycles. The van der Waals surface area contributed by atoms with Crippen molar-refractivity contribution in [2.75, 3.05) is 6.54 Å². The second-order valence-corrected chi connectivity index (χ2v) is 6.37. The topological polar surface area (TPSA) is 37.4 Å². The number of carbonyl (C=O) groups is 2. The molecule has 0 spiro atoms. The van der Waals surface area contributed by atoms with Gasteiger partial charge in [0.2, 0.25) is 0 Å². The van der Waals surface area contributed by atoms with E-state index >= 15 is 0 Å². The van der Waals surface area contributed by atoms with E-state index in [4.69, 9.17) is 0 Å². The maximum absolute atomic E-state index is 13.1. The van der Waals surface area contributed by atoms with Crippen molar-refractivity contribution in [1.82, 2.24) is 4.90 Å². The van der Waals surface area contributed by atoms with E-state index in [-0.39, 0.29) is 29.5 Å². The van der Waals surface area contributed by atoms with Gasteiger partial charge < -0.3 is 4.90 Å².